The smallest absolute Gasteiger partial charge is 0.0183 e. The summed E-state index contributed by atoms with van der Waals surface area (Å²) in [6, 6.07) is 2.16. The number of hydrogen-bond donors (Lipinski definition) is 2. The summed E-state index contributed by atoms with van der Waals surface area (Å²) in [5.41, 5.74) is 17.7. The predicted octanol–water partition coefficient (Wildman–Crippen LogP) is 1.53. The van der Waals surface area contributed by atoms with Crippen molar-refractivity contribution < 1.29 is 0 Å². The van der Waals surface area contributed by atoms with Crippen LogP contribution in [-0.4, -0.2) is 0 Å². The molecule has 0 heterocycles. The summed E-state index contributed by atoms with van der Waals surface area (Å²) in [7, 11) is 0. The van der Waals surface area contributed by atoms with Crippen LogP contribution in [0.1, 0.15) is 27.8 Å². The first-order valence-corrected chi connectivity index (χ1v) is 4.60. The second kappa shape index (κ2) is 3.90. The summed E-state index contributed by atoms with van der Waals surface area (Å²) in [5.74, 6) is 0. The van der Waals surface area contributed by atoms with E-state index in [1.165, 1.54) is 27.8 Å². The average Bonchev–Trinajstić information content (AvgIpc) is 2.12. The zero-order chi connectivity index (χ0) is 10.0. The van der Waals surface area contributed by atoms with Crippen LogP contribution in [0.5, 0.6) is 0 Å². The molecule has 0 bridgehead atoms. The second-order valence-electron chi connectivity index (χ2n) is 3.49. The van der Waals surface area contributed by atoms with Gasteiger partial charge in [0, 0.05) is 13.1 Å². The van der Waals surface area contributed by atoms with Crippen LogP contribution in [0.2, 0.25) is 0 Å². The maximum atomic E-state index is 5.70. The molecule has 0 saturated heterocycles. The molecular formula is C11H18N2. The average molecular weight is 178 g/mol. The fourth-order valence-corrected chi connectivity index (χ4v) is 1.71. The lowest BCUT2D eigenvalue weighted by Gasteiger charge is -2.14. The zero-order valence-electron chi connectivity index (χ0n) is 8.65. The first-order chi connectivity index (χ1) is 6.11. The Hall–Kier alpha value is -0.860. The molecule has 2 heteroatoms. The summed E-state index contributed by atoms with van der Waals surface area (Å²) in [4.78, 5) is 0. The van der Waals surface area contributed by atoms with E-state index in [9.17, 15) is 0 Å². The molecule has 0 radical (unpaired) electrons. The van der Waals surface area contributed by atoms with Crippen LogP contribution >= 0.6 is 0 Å². The molecule has 1 rings (SSSR count). The van der Waals surface area contributed by atoms with Crippen molar-refractivity contribution in [3.05, 3.63) is 33.9 Å². The SMILES string of the molecule is Cc1cc(CN)c(C)c(CN)c1C. The van der Waals surface area contributed by atoms with E-state index in [2.05, 4.69) is 26.8 Å². The van der Waals surface area contributed by atoms with Crippen LogP contribution in [0.15, 0.2) is 6.07 Å². The van der Waals surface area contributed by atoms with E-state index in [-0.39, 0.29) is 0 Å². The van der Waals surface area contributed by atoms with Crippen molar-refractivity contribution in [2.75, 3.05) is 0 Å². The maximum Gasteiger partial charge on any atom is 0.0183 e. The summed E-state index contributed by atoms with van der Waals surface area (Å²) in [6.07, 6.45) is 0. The summed E-state index contributed by atoms with van der Waals surface area (Å²) >= 11 is 0. The fourth-order valence-electron chi connectivity index (χ4n) is 1.71. The lowest BCUT2D eigenvalue weighted by atomic mass is 9.94. The Bertz CT molecular complexity index is 316. The van der Waals surface area contributed by atoms with Crippen LogP contribution in [0.4, 0.5) is 0 Å². The van der Waals surface area contributed by atoms with Gasteiger partial charge in [-0.15, -0.1) is 0 Å². The molecule has 0 aliphatic carbocycles. The Morgan fingerprint density at radius 3 is 2.08 bits per heavy atom. The summed E-state index contributed by atoms with van der Waals surface area (Å²) in [6.45, 7) is 7.51. The first kappa shape index (κ1) is 10.2. The lowest BCUT2D eigenvalue weighted by Crippen LogP contribution is -2.08. The molecule has 72 valence electrons. The fraction of sp³-hybridized carbons (Fsp3) is 0.455. The van der Waals surface area contributed by atoms with Gasteiger partial charge in [-0.25, -0.2) is 0 Å². The monoisotopic (exact) mass is 178 g/mol. The van der Waals surface area contributed by atoms with Crippen molar-refractivity contribution in [3.8, 4) is 0 Å². The highest BCUT2D eigenvalue weighted by molar-refractivity contribution is 5.44. The van der Waals surface area contributed by atoms with Gasteiger partial charge in [-0.3, -0.25) is 0 Å². The van der Waals surface area contributed by atoms with Crippen molar-refractivity contribution >= 4 is 0 Å². The standard InChI is InChI=1S/C11H18N2/c1-7-4-10(5-12)9(3)11(6-13)8(7)2/h4H,5-6,12-13H2,1-3H3. The van der Waals surface area contributed by atoms with Crippen molar-refractivity contribution in [1.29, 1.82) is 0 Å². The highest BCUT2D eigenvalue weighted by Gasteiger charge is 2.07. The van der Waals surface area contributed by atoms with Gasteiger partial charge in [0.05, 0.1) is 0 Å². The van der Waals surface area contributed by atoms with E-state index in [0.29, 0.717) is 13.1 Å². The van der Waals surface area contributed by atoms with Crippen molar-refractivity contribution in [2.45, 2.75) is 33.9 Å². The molecule has 0 aliphatic rings. The summed E-state index contributed by atoms with van der Waals surface area (Å²) in [5, 5.41) is 0. The first-order valence-electron chi connectivity index (χ1n) is 4.60. The molecule has 13 heavy (non-hydrogen) atoms. The van der Waals surface area contributed by atoms with Crippen molar-refractivity contribution in [2.24, 2.45) is 11.5 Å². The van der Waals surface area contributed by atoms with Crippen LogP contribution in [0.3, 0.4) is 0 Å². The Morgan fingerprint density at radius 2 is 1.62 bits per heavy atom. The normalized spacial score (nSPS) is 10.5. The van der Waals surface area contributed by atoms with Gasteiger partial charge in [-0.05, 0) is 48.6 Å². The molecule has 0 atom stereocenters. The third-order valence-electron chi connectivity index (χ3n) is 2.79. The molecule has 0 unspecified atom stereocenters. The molecule has 0 saturated carbocycles. The minimum atomic E-state index is 0.597. The quantitative estimate of drug-likeness (QED) is 0.721. The van der Waals surface area contributed by atoms with Gasteiger partial charge >= 0.3 is 0 Å². The Balaban J connectivity index is 3.39. The summed E-state index contributed by atoms with van der Waals surface area (Å²) < 4.78 is 0. The Morgan fingerprint density at radius 1 is 1.00 bits per heavy atom. The number of nitrogens with two attached hydrogens (primary N) is 2. The number of rotatable bonds is 2. The Labute approximate surface area is 79.9 Å². The minimum absolute atomic E-state index is 0.597. The van der Waals surface area contributed by atoms with Crippen LogP contribution in [-0.2, 0) is 13.1 Å². The Kier molecular flexibility index (Phi) is 3.07. The van der Waals surface area contributed by atoms with Gasteiger partial charge in [-0.1, -0.05) is 6.07 Å². The minimum Gasteiger partial charge on any atom is -0.326 e. The molecule has 0 fully saturated rings. The second-order valence-corrected chi connectivity index (χ2v) is 3.49. The topological polar surface area (TPSA) is 52.0 Å². The molecule has 4 N–H and O–H groups in total. The highest BCUT2D eigenvalue weighted by Crippen LogP contribution is 2.21. The third kappa shape index (κ3) is 1.74. The molecular weight excluding hydrogens is 160 g/mol. The van der Waals surface area contributed by atoms with Crippen molar-refractivity contribution in [3.63, 3.8) is 0 Å². The largest absolute Gasteiger partial charge is 0.326 e. The molecule has 0 aliphatic heterocycles. The predicted molar refractivity (Wildman–Crippen MR) is 56.4 cm³/mol. The van der Waals surface area contributed by atoms with E-state index in [1.807, 2.05) is 0 Å². The van der Waals surface area contributed by atoms with E-state index in [0.717, 1.165) is 0 Å². The molecule has 1 aromatic carbocycles. The van der Waals surface area contributed by atoms with Crippen LogP contribution in [0.25, 0.3) is 0 Å². The maximum absolute atomic E-state index is 5.70. The van der Waals surface area contributed by atoms with Gasteiger partial charge in [-0.2, -0.15) is 0 Å². The van der Waals surface area contributed by atoms with Crippen LogP contribution in [0, 0.1) is 20.8 Å². The number of aryl methyl sites for hydroxylation is 1. The van der Waals surface area contributed by atoms with E-state index in [4.69, 9.17) is 11.5 Å². The molecule has 0 spiro atoms. The van der Waals surface area contributed by atoms with E-state index in [1.54, 1.807) is 0 Å². The van der Waals surface area contributed by atoms with E-state index >= 15 is 0 Å². The molecule has 0 aromatic heterocycles. The van der Waals surface area contributed by atoms with Gasteiger partial charge in [0.15, 0.2) is 0 Å². The lowest BCUT2D eigenvalue weighted by molar-refractivity contribution is 0.970. The molecule has 2 nitrogen and oxygen atoms in total. The molecule has 0 amide bonds. The number of benzene rings is 1. The third-order valence-corrected chi connectivity index (χ3v) is 2.79. The van der Waals surface area contributed by atoms with Gasteiger partial charge < -0.3 is 11.5 Å². The van der Waals surface area contributed by atoms with Gasteiger partial charge in [0.1, 0.15) is 0 Å². The van der Waals surface area contributed by atoms with Crippen LogP contribution < -0.4 is 11.5 Å². The highest BCUT2D eigenvalue weighted by atomic mass is 14.5. The molecule has 1 aromatic rings. The van der Waals surface area contributed by atoms with E-state index < -0.39 is 0 Å². The van der Waals surface area contributed by atoms with Gasteiger partial charge in [0.2, 0.25) is 0 Å². The van der Waals surface area contributed by atoms with Crippen molar-refractivity contribution in [1.82, 2.24) is 0 Å². The number of hydrogen-bond acceptors (Lipinski definition) is 2. The van der Waals surface area contributed by atoms with Gasteiger partial charge in [0.25, 0.3) is 0 Å². The zero-order valence-corrected chi connectivity index (χ0v) is 8.65.